The highest BCUT2D eigenvalue weighted by atomic mass is 14.8. The average molecular weight is 259 g/mol. The predicted octanol–water partition coefficient (Wildman–Crippen LogP) is 4.36. The van der Waals surface area contributed by atoms with E-state index in [1.54, 1.807) is 5.56 Å². The Balaban J connectivity index is 2.11. The zero-order valence-corrected chi connectivity index (χ0v) is 13.1. The van der Waals surface area contributed by atoms with Gasteiger partial charge in [-0.3, -0.25) is 0 Å². The van der Waals surface area contributed by atoms with Crippen LogP contribution in [0.1, 0.15) is 55.7 Å². The summed E-state index contributed by atoms with van der Waals surface area (Å²) in [7, 11) is 2.05. The molecular formula is C18H29N. The predicted molar refractivity (Wildman–Crippen MR) is 83.8 cm³/mol. The third kappa shape index (κ3) is 3.20. The van der Waals surface area contributed by atoms with Crippen molar-refractivity contribution in [3.63, 3.8) is 0 Å². The summed E-state index contributed by atoms with van der Waals surface area (Å²) in [5.41, 5.74) is 4.96. The minimum atomic E-state index is 0.492. The van der Waals surface area contributed by atoms with Crippen molar-refractivity contribution in [3.05, 3.63) is 34.9 Å². The highest BCUT2D eigenvalue weighted by Crippen LogP contribution is 2.48. The Bertz CT molecular complexity index is 418. The SMILES string of the molecule is CNCCC(C)CC1(c2ccc(C)c(C)c2)CCC1. The molecule has 1 fully saturated rings. The molecule has 1 atom stereocenters. The first-order valence-corrected chi connectivity index (χ1v) is 7.80. The second kappa shape index (κ2) is 6.09. The van der Waals surface area contributed by atoms with Gasteiger partial charge in [0.1, 0.15) is 0 Å². The Labute approximate surface area is 118 Å². The molecule has 1 aromatic carbocycles. The molecule has 2 rings (SSSR count). The molecule has 0 saturated heterocycles. The van der Waals surface area contributed by atoms with Gasteiger partial charge in [-0.25, -0.2) is 0 Å². The Morgan fingerprint density at radius 2 is 1.95 bits per heavy atom. The molecule has 19 heavy (non-hydrogen) atoms. The lowest BCUT2D eigenvalue weighted by atomic mass is 9.60. The molecule has 1 N–H and O–H groups in total. The van der Waals surface area contributed by atoms with Crippen LogP contribution in [0, 0.1) is 19.8 Å². The number of hydrogen-bond donors (Lipinski definition) is 1. The van der Waals surface area contributed by atoms with Crippen LogP contribution < -0.4 is 5.32 Å². The van der Waals surface area contributed by atoms with Crippen molar-refractivity contribution in [1.29, 1.82) is 0 Å². The Morgan fingerprint density at radius 1 is 1.21 bits per heavy atom. The van der Waals surface area contributed by atoms with E-state index in [-0.39, 0.29) is 0 Å². The van der Waals surface area contributed by atoms with E-state index in [4.69, 9.17) is 0 Å². The second-order valence-electron chi connectivity index (χ2n) is 6.63. The highest BCUT2D eigenvalue weighted by Gasteiger charge is 2.39. The van der Waals surface area contributed by atoms with Crippen molar-refractivity contribution < 1.29 is 0 Å². The number of aryl methyl sites for hydroxylation is 2. The van der Waals surface area contributed by atoms with Gasteiger partial charge in [-0.2, -0.15) is 0 Å². The van der Waals surface area contributed by atoms with Crippen LogP contribution in [0.4, 0.5) is 0 Å². The fourth-order valence-electron chi connectivity index (χ4n) is 3.45. The van der Waals surface area contributed by atoms with Crippen LogP contribution in [0.2, 0.25) is 0 Å². The molecule has 1 unspecified atom stereocenters. The first-order chi connectivity index (χ1) is 9.07. The molecule has 0 spiro atoms. The largest absolute Gasteiger partial charge is 0.320 e. The van der Waals surface area contributed by atoms with Crippen LogP contribution in [-0.2, 0) is 5.41 Å². The molecule has 1 heteroatoms. The van der Waals surface area contributed by atoms with Crippen LogP contribution in [0.25, 0.3) is 0 Å². The van der Waals surface area contributed by atoms with Gasteiger partial charge in [-0.1, -0.05) is 31.5 Å². The maximum Gasteiger partial charge on any atom is -0.00443 e. The van der Waals surface area contributed by atoms with Crippen molar-refractivity contribution in [2.24, 2.45) is 5.92 Å². The molecule has 1 aliphatic carbocycles. The van der Waals surface area contributed by atoms with E-state index in [1.807, 2.05) is 0 Å². The van der Waals surface area contributed by atoms with Gasteiger partial charge in [0.15, 0.2) is 0 Å². The average Bonchev–Trinajstić information content (AvgIpc) is 2.35. The molecule has 1 aliphatic rings. The summed E-state index contributed by atoms with van der Waals surface area (Å²) >= 11 is 0. The maximum absolute atomic E-state index is 3.28. The molecule has 0 aromatic heterocycles. The van der Waals surface area contributed by atoms with Gasteiger partial charge in [0.25, 0.3) is 0 Å². The van der Waals surface area contributed by atoms with Gasteiger partial charge in [-0.15, -0.1) is 0 Å². The summed E-state index contributed by atoms with van der Waals surface area (Å²) in [5, 5.41) is 3.28. The van der Waals surface area contributed by atoms with Crippen molar-refractivity contribution in [1.82, 2.24) is 5.32 Å². The third-order valence-corrected chi connectivity index (χ3v) is 5.06. The van der Waals surface area contributed by atoms with E-state index in [0.717, 1.165) is 12.5 Å². The molecule has 106 valence electrons. The van der Waals surface area contributed by atoms with Gasteiger partial charge in [0, 0.05) is 0 Å². The van der Waals surface area contributed by atoms with Crippen LogP contribution in [-0.4, -0.2) is 13.6 Å². The first-order valence-electron chi connectivity index (χ1n) is 7.80. The zero-order valence-electron chi connectivity index (χ0n) is 13.1. The van der Waals surface area contributed by atoms with Gasteiger partial charge < -0.3 is 5.32 Å². The molecule has 0 heterocycles. The summed E-state index contributed by atoms with van der Waals surface area (Å²) in [4.78, 5) is 0. The van der Waals surface area contributed by atoms with Gasteiger partial charge in [0.05, 0.1) is 0 Å². The summed E-state index contributed by atoms with van der Waals surface area (Å²) < 4.78 is 0. The molecule has 0 amide bonds. The number of benzene rings is 1. The van der Waals surface area contributed by atoms with Crippen molar-refractivity contribution in [2.75, 3.05) is 13.6 Å². The zero-order chi connectivity index (χ0) is 13.9. The van der Waals surface area contributed by atoms with Crippen LogP contribution in [0.3, 0.4) is 0 Å². The monoisotopic (exact) mass is 259 g/mol. The lowest BCUT2D eigenvalue weighted by Gasteiger charge is -2.44. The van der Waals surface area contributed by atoms with Crippen molar-refractivity contribution in [2.45, 2.75) is 58.3 Å². The van der Waals surface area contributed by atoms with E-state index in [1.165, 1.54) is 43.2 Å². The van der Waals surface area contributed by atoms with Crippen LogP contribution in [0.15, 0.2) is 18.2 Å². The summed E-state index contributed by atoms with van der Waals surface area (Å²) in [6.45, 7) is 8.01. The molecular weight excluding hydrogens is 230 g/mol. The smallest absolute Gasteiger partial charge is 0.00443 e. The first kappa shape index (κ1) is 14.6. The maximum atomic E-state index is 3.28. The third-order valence-electron chi connectivity index (χ3n) is 5.06. The molecule has 1 nitrogen and oxygen atoms in total. The number of rotatable bonds is 6. The Hall–Kier alpha value is -0.820. The standard InChI is InChI=1S/C18H29N/c1-14(8-11-19-4)13-18(9-5-10-18)17-7-6-15(2)16(3)12-17/h6-7,12,14,19H,5,8-11,13H2,1-4H3. The summed E-state index contributed by atoms with van der Waals surface area (Å²) in [5.74, 6) is 0.814. The van der Waals surface area contributed by atoms with Crippen molar-refractivity contribution >= 4 is 0 Å². The number of nitrogens with one attached hydrogen (secondary N) is 1. The van der Waals surface area contributed by atoms with E-state index < -0.39 is 0 Å². The minimum Gasteiger partial charge on any atom is -0.320 e. The fraction of sp³-hybridized carbons (Fsp3) is 0.667. The number of hydrogen-bond acceptors (Lipinski definition) is 1. The van der Waals surface area contributed by atoms with Crippen LogP contribution in [0.5, 0.6) is 0 Å². The van der Waals surface area contributed by atoms with E-state index >= 15 is 0 Å². The van der Waals surface area contributed by atoms with Gasteiger partial charge in [0.2, 0.25) is 0 Å². The highest BCUT2D eigenvalue weighted by molar-refractivity contribution is 5.36. The minimum absolute atomic E-state index is 0.492. The topological polar surface area (TPSA) is 12.0 Å². The summed E-state index contributed by atoms with van der Waals surface area (Å²) in [6.07, 6.45) is 6.84. The second-order valence-corrected chi connectivity index (χ2v) is 6.63. The molecule has 0 bridgehead atoms. The van der Waals surface area contributed by atoms with Crippen molar-refractivity contribution in [3.8, 4) is 0 Å². The molecule has 0 radical (unpaired) electrons. The Morgan fingerprint density at radius 3 is 2.47 bits per heavy atom. The quantitative estimate of drug-likeness (QED) is 0.800. The lowest BCUT2D eigenvalue weighted by molar-refractivity contribution is 0.190. The fourth-order valence-corrected chi connectivity index (χ4v) is 3.45. The van der Waals surface area contributed by atoms with E-state index in [0.29, 0.717) is 5.41 Å². The molecule has 1 aromatic rings. The lowest BCUT2D eigenvalue weighted by Crippen LogP contribution is -2.36. The van der Waals surface area contributed by atoms with E-state index in [9.17, 15) is 0 Å². The van der Waals surface area contributed by atoms with Gasteiger partial charge in [-0.05, 0) is 81.1 Å². The van der Waals surface area contributed by atoms with Gasteiger partial charge >= 0.3 is 0 Å². The Kier molecular flexibility index (Phi) is 4.67. The van der Waals surface area contributed by atoms with Crippen LogP contribution >= 0.6 is 0 Å². The van der Waals surface area contributed by atoms with E-state index in [2.05, 4.69) is 51.3 Å². The molecule has 1 saturated carbocycles. The summed E-state index contributed by atoms with van der Waals surface area (Å²) in [6, 6.07) is 7.13. The molecule has 0 aliphatic heterocycles. The normalized spacial score (nSPS) is 18.9.